The zero-order valence-electron chi connectivity index (χ0n) is 18.5. The fourth-order valence-corrected chi connectivity index (χ4v) is 5.26. The van der Waals surface area contributed by atoms with Crippen LogP contribution in [0.25, 0.3) is 0 Å². The van der Waals surface area contributed by atoms with E-state index in [0.29, 0.717) is 0 Å². The highest BCUT2D eigenvalue weighted by molar-refractivity contribution is 5.83. The largest absolute Gasteiger partial charge is 0.465 e. The van der Waals surface area contributed by atoms with Crippen molar-refractivity contribution < 1.29 is 46.4 Å². The molecule has 7 atom stereocenters. The first-order chi connectivity index (χ1) is 15.4. The molecule has 2 aliphatic heterocycles. The molecule has 2 saturated heterocycles. The summed E-state index contributed by atoms with van der Waals surface area (Å²) in [6.45, 7) is 4.31. The van der Waals surface area contributed by atoms with Gasteiger partial charge in [-0.1, -0.05) is 49.4 Å². The average molecular weight is 470 g/mol. The summed E-state index contributed by atoms with van der Waals surface area (Å²) in [5.41, 5.74) is -4.94. The van der Waals surface area contributed by atoms with Crippen LogP contribution >= 0.6 is 0 Å². The number of carbonyl (C=O) groups excluding carboxylic acids is 2. The van der Waals surface area contributed by atoms with Crippen LogP contribution < -0.4 is 0 Å². The summed E-state index contributed by atoms with van der Waals surface area (Å²) in [6.07, 6.45) is -4.04. The topological polar surface area (TPSA) is 80.3 Å². The monoisotopic (exact) mass is 470 g/mol. The zero-order valence-corrected chi connectivity index (χ0v) is 18.5. The first-order valence-corrected chi connectivity index (χ1v) is 10.5. The molecule has 1 aromatic rings. The number of ether oxygens (including phenoxy) is 5. The summed E-state index contributed by atoms with van der Waals surface area (Å²) in [5.74, 6) is -4.13. The molecule has 0 aromatic heterocycles. The van der Waals surface area contributed by atoms with Crippen molar-refractivity contribution in [2.75, 3.05) is 13.7 Å². The van der Waals surface area contributed by atoms with E-state index >= 15 is 0 Å². The zero-order chi connectivity index (χ0) is 24.2. The maximum Gasteiger partial charge on any atom is 0.432 e. The van der Waals surface area contributed by atoms with Crippen LogP contribution in [0.4, 0.5) is 13.2 Å². The van der Waals surface area contributed by atoms with Crippen molar-refractivity contribution >= 4 is 11.9 Å². The molecule has 0 spiro atoms. The summed E-state index contributed by atoms with van der Waals surface area (Å²) in [5, 5.41) is 0. The van der Waals surface area contributed by atoms with Gasteiger partial charge in [0.05, 0.1) is 5.41 Å². The van der Waals surface area contributed by atoms with Gasteiger partial charge in [-0.2, -0.15) is 13.2 Å². The number of halogens is 3. The minimum Gasteiger partial charge on any atom is -0.465 e. The maximum absolute atomic E-state index is 14.4. The number of allylic oxidation sites excluding steroid dienone is 1. The summed E-state index contributed by atoms with van der Waals surface area (Å²) in [6, 6.07) is 6.55. The van der Waals surface area contributed by atoms with Crippen molar-refractivity contribution in [1.29, 1.82) is 0 Å². The van der Waals surface area contributed by atoms with E-state index in [4.69, 9.17) is 23.7 Å². The lowest BCUT2D eigenvalue weighted by molar-refractivity contribution is -0.291. The van der Waals surface area contributed by atoms with E-state index in [2.05, 4.69) is 0 Å². The lowest BCUT2D eigenvalue weighted by Gasteiger charge is -2.49. The molecule has 0 saturated carbocycles. The molecule has 3 aliphatic rings. The van der Waals surface area contributed by atoms with Crippen molar-refractivity contribution in [1.82, 2.24) is 0 Å². The van der Waals surface area contributed by atoms with E-state index in [1.807, 2.05) is 0 Å². The SMILES string of the molecule is CO[C@@](C(=O)O[C@H]1[C@@]2(C)O[C@@H]3[C@@H](C=C[C@H](C)[C@@]31COC(C)=O)O2)(c1ccccc1)C(F)(F)F. The number of hydrogen-bond acceptors (Lipinski definition) is 7. The molecule has 2 fully saturated rings. The Kier molecular flexibility index (Phi) is 5.62. The Morgan fingerprint density at radius 3 is 2.36 bits per heavy atom. The molecule has 1 aliphatic carbocycles. The lowest BCUT2D eigenvalue weighted by Crippen LogP contribution is -2.64. The Balaban J connectivity index is 1.78. The summed E-state index contributed by atoms with van der Waals surface area (Å²) in [7, 11) is 0.799. The summed E-state index contributed by atoms with van der Waals surface area (Å²) >= 11 is 0. The Hall–Kier alpha value is -2.43. The number of esters is 2. The predicted molar refractivity (Wildman–Crippen MR) is 107 cm³/mol. The number of carbonyl (C=O) groups is 2. The quantitative estimate of drug-likeness (QED) is 0.466. The van der Waals surface area contributed by atoms with Gasteiger partial charge in [-0.05, 0) is 12.8 Å². The van der Waals surface area contributed by atoms with E-state index in [9.17, 15) is 22.8 Å². The van der Waals surface area contributed by atoms with E-state index in [-0.39, 0.29) is 12.5 Å². The van der Waals surface area contributed by atoms with Crippen LogP contribution in [-0.2, 0) is 38.9 Å². The molecule has 2 bridgehead atoms. The van der Waals surface area contributed by atoms with Gasteiger partial charge in [-0.3, -0.25) is 4.79 Å². The van der Waals surface area contributed by atoms with Crippen LogP contribution in [0.2, 0.25) is 0 Å². The average Bonchev–Trinajstić information content (AvgIpc) is 3.22. The normalized spacial score (nSPS) is 36.3. The van der Waals surface area contributed by atoms with Gasteiger partial charge in [-0.25, -0.2) is 4.79 Å². The lowest BCUT2D eigenvalue weighted by atomic mass is 9.63. The van der Waals surface area contributed by atoms with Gasteiger partial charge in [0, 0.05) is 19.6 Å². The van der Waals surface area contributed by atoms with Crippen molar-refractivity contribution in [3.63, 3.8) is 0 Å². The molecule has 0 unspecified atom stereocenters. The van der Waals surface area contributed by atoms with Crippen molar-refractivity contribution in [3.05, 3.63) is 48.0 Å². The Labute approximate surface area is 188 Å². The number of methoxy groups -OCH3 is 1. The van der Waals surface area contributed by atoms with E-state index in [0.717, 1.165) is 19.2 Å². The second-order valence-corrected chi connectivity index (χ2v) is 8.74. The van der Waals surface area contributed by atoms with Gasteiger partial charge in [0.15, 0.2) is 6.10 Å². The number of hydrogen-bond donors (Lipinski definition) is 0. The van der Waals surface area contributed by atoms with Gasteiger partial charge in [0.1, 0.15) is 18.8 Å². The third kappa shape index (κ3) is 3.30. The second kappa shape index (κ2) is 7.82. The highest BCUT2D eigenvalue weighted by Gasteiger charge is 2.76. The van der Waals surface area contributed by atoms with Gasteiger partial charge < -0.3 is 23.7 Å². The van der Waals surface area contributed by atoms with Crippen LogP contribution in [0, 0.1) is 11.3 Å². The minimum atomic E-state index is -5.13. The molecule has 2 heterocycles. The van der Waals surface area contributed by atoms with Gasteiger partial charge >= 0.3 is 18.1 Å². The highest BCUT2D eigenvalue weighted by Crippen LogP contribution is 2.61. The third-order valence-corrected chi connectivity index (χ3v) is 6.88. The molecule has 4 rings (SSSR count). The first kappa shape index (κ1) is 23.7. The third-order valence-electron chi connectivity index (χ3n) is 6.88. The van der Waals surface area contributed by atoms with Crippen molar-refractivity contribution in [2.45, 2.75) is 56.6 Å². The first-order valence-electron chi connectivity index (χ1n) is 10.5. The van der Waals surface area contributed by atoms with Crippen LogP contribution in [0.15, 0.2) is 42.5 Å². The standard InChI is InChI=1S/C23H25F3O7/c1-13-10-11-16-17-21(13,12-30-14(2)27)18(20(3,32-16)33-17)31-19(28)22(29-4,23(24,25)26)15-8-6-5-7-9-15/h5-11,13,16-18H,12H2,1-4H3/t13-,16+,17+,18-,20+,21-,22+/m0/s1. The molecule has 33 heavy (non-hydrogen) atoms. The number of fused-ring (bicyclic) bond motifs is 1. The number of benzene rings is 1. The minimum absolute atomic E-state index is 0.219. The Morgan fingerprint density at radius 1 is 1.12 bits per heavy atom. The smallest absolute Gasteiger partial charge is 0.432 e. The molecular weight excluding hydrogens is 445 g/mol. The van der Waals surface area contributed by atoms with Crippen molar-refractivity contribution in [2.24, 2.45) is 11.3 Å². The molecule has 1 aromatic carbocycles. The second-order valence-electron chi connectivity index (χ2n) is 8.74. The molecule has 0 radical (unpaired) electrons. The molecule has 0 N–H and O–H groups in total. The van der Waals surface area contributed by atoms with Crippen LogP contribution in [0.5, 0.6) is 0 Å². The fourth-order valence-electron chi connectivity index (χ4n) is 5.26. The summed E-state index contributed by atoms with van der Waals surface area (Å²) < 4.78 is 70.8. The highest BCUT2D eigenvalue weighted by atomic mass is 19.4. The predicted octanol–water partition coefficient (Wildman–Crippen LogP) is 3.27. The van der Waals surface area contributed by atoms with E-state index < -0.39 is 58.8 Å². The molecular formula is C23H25F3O7. The molecule has 0 amide bonds. The van der Waals surface area contributed by atoms with Gasteiger partial charge in [0.2, 0.25) is 5.79 Å². The fraction of sp³-hybridized carbons (Fsp3) is 0.565. The summed E-state index contributed by atoms with van der Waals surface area (Å²) in [4.78, 5) is 25.0. The Morgan fingerprint density at radius 2 is 1.79 bits per heavy atom. The van der Waals surface area contributed by atoms with Crippen molar-refractivity contribution in [3.8, 4) is 0 Å². The molecule has 10 heteroatoms. The number of alkyl halides is 3. The van der Waals surface area contributed by atoms with Crippen LogP contribution in [0.3, 0.4) is 0 Å². The van der Waals surface area contributed by atoms with Crippen LogP contribution in [-0.4, -0.2) is 55.9 Å². The van der Waals surface area contributed by atoms with E-state index in [1.54, 1.807) is 19.1 Å². The Bertz CT molecular complexity index is 965. The van der Waals surface area contributed by atoms with Gasteiger partial charge in [0.25, 0.3) is 5.60 Å². The van der Waals surface area contributed by atoms with Crippen LogP contribution in [0.1, 0.15) is 26.3 Å². The molecule has 7 nitrogen and oxygen atoms in total. The van der Waals surface area contributed by atoms with Gasteiger partial charge in [-0.15, -0.1) is 0 Å². The van der Waals surface area contributed by atoms with E-state index in [1.165, 1.54) is 32.0 Å². The molecule has 180 valence electrons. The number of rotatable bonds is 6. The maximum atomic E-state index is 14.4.